The number of rotatable bonds is 7. The van der Waals surface area contributed by atoms with E-state index >= 15 is 0 Å². The fourth-order valence-electron chi connectivity index (χ4n) is 2.61. The first kappa shape index (κ1) is 17.7. The Morgan fingerprint density at radius 1 is 1.08 bits per heavy atom. The highest BCUT2D eigenvalue weighted by Gasteiger charge is 2.15. The third-order valence-electron chi connectivity index (χ3n) is 3.94. The van der Waals surface area contributed by atoms with Crippen LogP contribution in [-0.4, -0.2) is 17.5 Å². The average molecular weight is 327 g/mol. The van der Waals surface area contributed by atoms with Gasteiger partial charge in [-0.15, -0.1) is 0 Å². The number of hydrogen-bond acceptors (Lipinski definition) is 4. The molecule has 2 aromatic carbocycles. The highest BCUT2D eigenvalue weighted by molar-refractivity contribution is 5.89. The van der Waals surface area contributed by atoms with Gasteiger partial charge in [-0.25, -0.2) is 4.79 Å². The van der Waals surface area contributed by atoms with Crippen LogP contribution in [0.25, 0.3) is 0 Å². The molecular formula is C19H21NO4. The molecule has 0 radical (unpaired) electrons. The van der Waals surface area contributed by atoms with Gasteiger partial charge in [-0.05, 0) is 36.0 Å². The zero-order valence-corrected chi connectivity index (χ0v) is 13.8. The maximum absolute atomic E-state index is 12.0. The molecule has 0 N–H and O–H groups in total. The van der Waals surface area contributed by atoms with E-state index in [2.05, 4.69) is 19.1 Å². The van der Waals surface area contributed by atoms with Gasteiger partial charge in [0, 0.05) is 12.1 Å². The molecule has 0 aromatic heterocycles. The molecule has 2 rings (SSSR count). The summed E-state index contributed by atoms with van der Waals surface area (Å²) in [5.41, 5.74) is 1.55. The van der Waals surface area contributed by atoms with Crippen LogP contribution < -0.4 is 0 Å². The third kappa shape index (κ3) is 4.91. The summed E-state index contributed by atoms with van der Waals surface area (Å²) < 4.78 is 5.32. The van der Waals surface area contributed by atoms with Crippen LogP contribution in [0.3, 0.4) is 0 Å². The fourth-order valence-corrected chi connectivity index (χ4v) is 2.61. The second kappa shape index (κ2) is 8.24. The summed E-state index contributed by atoms with van der Waals surface area (Å²) in [6.45, 7) is 4.53. The van der Waals surface area contributed by atoms with E-state index in [4.69, 9.17) is 4.74 Å². The molecule has 126 valence electrons. The SMILES string of the molecule is C[C@@H](COC(=O)c1ccc([N+](=O)[O-])cc1)C[C@H](C)c1ccccc1. The first-order valence-corrected chi connectivity index (χ1v) is 7.94. The highest BCUT2D eigenvalue weighted by Crippen LogP contribution is 2.23. The van der Waals surface area contributed by atoms with Crippen LogP contribution in [0, 0.1) is 16.0 Å². The minimum absolute atomic E-state index is 0.0448. The predicted octanol–water partition coefficient (Wildman–Crippen LogP) is 4.58. The van der Waals surface area contributed by atoms with Gasteiger partial charge in [0.1, 0.15) is 0 Å². The third-order valence-corrected chi connectivity index (χ3v) is 3.94. The number of hydrogen-bond donors (Lipinski definition) is 0. The van der Waals surface area contributed by atoms with Crippen LogP contribution >= 0.6 is 0 Å². The lowest BCUT2D eigenvalue weighted by Crippen LogP contribution is -2.14. The van der Waals surface area contributed by atoms with Gasteiger partial charge in [0.15, 0.2) is 0 Å². The van der Waals surface area contributed by atoms with Crippen molar-refractivity contribution in [2.45, 2.75) is 26.2 Å². The summed E-state index contributed by atoms with van der Waals surface area (Å²) in [6, 6.07) is 15.7. The van der Waals surface area contributed by atoms with Crippen LogP contribution in [0.2, 0.25) is 0 Å². The molecule has 0 amide bonds. The minimum Gasteiger partial charge on any atom is -0.462 e. The number of carbonyl (C=O) groups is 1. The van der Waals surface area contributed by atoms with Crippen LogP contribution in [0.15, 0.2) is 54.6 Å². The summed E-state index contributed by atoms with van der Waals surface area (Å²) >= 11 is 0. The second-order valence-electron chi connectivity index (χ2n) is 6.06. The summed E-state index contributed by atoms with van der Waals surface area (Å²) in [6.07, 6.45) is 0.914. The summed E-state index contributed by atoms with van der Waals surface area (Å²) in [4.78, 5) is 22.1. The normalized spacial score (nSPS) is 13.1. The molecule has 0 aliphatic rings. The van der Waals surface area contributed by atoms with Crippen molar-refractivity contribution in [1.82, 2.24) is 0 Å². The molecule has 0 saturated carbocycles. The Morgan fingerprint density at radius 2 is 1.71 bits per heavy atom. The van der Waals surface area contributed by atoms with E-state index < -0.39 is 10.9 Å². The Hall–Kier alpha value is -2.69. The number of nitro benzene ring substituents is 1. The Kier molecular flexibility index (Phi) is 6.07. The highest BCUT2D eigenvalue weighted by atomic mass is 16.6. The zero-order chi connectivity index (χ0) is 17.5. The van der Waals surface area contributed by atoms with Crippen molar-refractivity contribution in [1.29, 1.82) is 0 Å². The molecule has 24 heavy (non-hydrogen) atoms. The molecule has 2 atom stereocenters. The number of ether oxygens (including phenoxy) is 1. The molecular weight excluding hydrogens is 306 g/mol. The fraction of sp³-hybridized carbons (Fsp3) is 0.316. The van der Waals surface area contributed by atoms with E-state index in [-0.39, 0.29) is 11.6 Å². The molecule has 2 aromatic rings. The van der Waals surface area contributed by atoms with E-state index in [9.17, 15) is 14.9 Å². The van der Waals surface area contributed by atoms with E-state index in [1.54, 1.807) is 0 Å². The number of carbonyl (C=O) groups excluding carboxylic acids is 1. The van der Waals surface area contributed by atoms with Crippen molar-refractivity contribution in [3.05, 3.63) is 75.8 Å². The maximum Gasteiger partial charge on any atom is 0.338 e. The van der Waals surface area contributed by atoms with E-state index in [1.807, 2.05) is 25.1 Å². The molecule has 0 aliphatic heterocycles. The summed E-state index contributed by atoms with van der Waals surface area (Å²) in [7, 11) is 0. The Labute approximate surface area is 141 Å². The average Bonchev–Trinajstić information content (AvgIpc) is 2.60. The van der Waals surface area contributed by atoms with Gasteiger partial charge in [0.25, 0.3) is 5.69 Å². The Balaban J connectivity index is 1.83. The lowest BCUT2D eigenvalue weighted by atomic mass is 9.91. The van der Waals surface area contributed by atoms with Crippen LogP contribution in [-0.2, 0) is 4.74 Å². The van der Waals surface area contributed by atoms with E-state index in [0.717, 1.165) is 6.42 Å². The van der Waals surface area contributed by atoms with Gasteiger partial charge < -0.3 is 4.74 Å². The first-order valence-electron chi connectivity index (χ1n) is 7.94. The molecule has 0 spiro atoms. The topological polar surface area (TPSA) is 69.4 Å². The predicted molar refractivity (Wildman–Crippen MR) is 92.0 cm³/mol. The molecule has 5 nitrogen and oxygen atoms in total. The Bertz CT molecular complexity index is 682. The minimum atomic E-state index is -0.498. The van der Waals surface area contributed by atoms with Crippen molar-refractivity contribution < 1.29 is 14.5 Å². The summed E-state index contributed by atoms with van der Waals surface area (Å²) in [5, 5.41) is 10.6. The number of nitro groups is 1. The lowest BCUT2D eigenvalue weighted by Gasteiger charge is -2.17. The van der Waals surface area contributed by atoms with Crippen molar-refractivity contribution in [3.63, 3.8) is 0 Å². The van der Waals surface area contributed by atoms with Crippen molar-refractivity contribution >= 4 is 11.7 Å². The molecule has 0 bridgehead atoms. The van der Waals surface area contributed by atoms with Gasteiger partial charge >= 0.3 is 5.97 Å². The number of benzene rings is 2. The molecule has 0 unspecified atom stereocenters. The number of esters is 1. The Morgan fingerprint density at radius 3 is 2.29 bits per heavy atom. The van der Waals surface area contributed by atoms with Gasteiger partial charge in [-0.3, -0.25) is 10.1 Å². The van der Waals surface area contributed by atoms with Gasteiger partial charge in [0.2, 0.25) is 0 Å². The van der Waals surface area contributed by atoms with Crippen LogP contribution in [0.1, 0.15) is 42.1 Å². The molecule has 0 fully saturated rings. The van der Waals surface area contributed by atoms with Crippen LogP contribution in [0.4, 0.5) is 5.69 Å². The first-order chi connectivity index (χ1) is 11.5. The van der Waals surface area contributed by atoms with Crippen molar-refractivity contribution in [2.75, 3.05) is 6.61 Å². The monoisotopic (exact) mass is 327 g/mol. The van der Waals surface area contributed by atoms with Crippen molar-refractivity contribution in [2.24, 2.45) is 5.92 Å². The molecule has 0 saturated heterocycles. The molecule has 0 heterocycles. The number of non-ortho nitro benzene ring substituents is 1. The lowest BCUT2D eigenvalue weighted by molar-refractivity contribution is -0.384. The number of nitrogens with zero attached hydrogens (tertiary/aromatic N) is 1. The zero-order valence-electron chi connectivity index (χ0n) is 13.8. The van der Waals surface area contributed by atoms with Crippen LogP contribution in [0.5, 0.6) is 0 Å². The van der Waals surface area contributed by atoms with Gasteiger partial charge in [-0.1, -0.05) is 44.2 Å². The van der Waals surface area contributed by atoms with Gasteiger partial charge in [-0.2, -0.15) is 0 Å². The molecule has 5 heteroatoms. The van der Waals surface area contributed by atoms with E-state index in [0.29, 0.717) is 18.1 Å². The quantitative estimate of drug-likeness (QED) is 0.424. The second-order valence-corrected chi connectivity index (χ2v) is 6.06. The molecule has 0 aliphatic carbocycles. The largest absolute Gasteiger partial charge is 0.462 e. The summed E-state index contributed by atoms with van der Waals surface area (Å²) in [5.74, 6) is 0.158. The standard InChI is InChI=1S/C19H21NO4/c1-14(12-15(2)16-6-4-3-5-7-16)13-24-19(21)17-8-10-18(11-9-17)20(22)23/h3-11,14-15H,12-13H2,1-2H3/t14-,15+/m1/s1. The van der Waals surface area contributed by atoms with Gasteiger partial charge in [0.05, 0.1) is 17.1 Å². The van der Waals surface area contributed by atoms with E-state index in [1.165, 1.54) is 29.8 Å². The van der Waals surface area contributed by atoms with Crippen molar-refractivity contribution in [3.8, 4) is 0 Å². The maximum atomic E-state index is 12.0. The smallest absolute Gasteiger partial charge is 0.338 e.